The summed E-state index contributed by atoms with van der Waals surface area (Å²) < 4.78 is 20.8. The number of para-hydroxylation sites is 1. The van der Waals surface area contributed by atoms with Gasteiger partial charge in [-0.2, -0.15) is 0 Å². The SMILES string of the molecule is CCCCNC(=O)[C@H](Cc1ccccc1)N(Cc1ccccc1F)C(=O)COc1ccccc1C(C)(C)C. The Kier molecular flexibility index (Phi) is 10.5. The smallest absolute Gasteiger partial charge is 0.261 e. The highest BCUT2D eigenvalue weighted by Gasteiger charge is 2.31. The Morgan fingerprint density at radius 3 is 2.29 bits per heavy atom. The largest absolute Gasteiger partial charge is 0.483 e. The molecular formula is C32H39FN2O3. The van der Waals surface area contributed by atoms with Crippen LogP contribution in [-0.4, -0.2) is 35.9 Å². The highest BCUT2D eigenvalue weighted by molar-refractivity contribution is 5.88. The second-order valence-electron chi connectivity index (χ2n) is 10.5. The molecule has 1 atom stereocenters. The number of ether oxygens (including phenoxy) is 1. The second kappa shape index (κ2) is 13.8. The van der Waals surface area contributed by atoms with Crippen molar-refractivity contribution in [1.82, 2.24) is 10.2 Å². The van der Waals surface area contributed by atoms with Gasteiger partial charge in [0, 0.05) is 25.1 Å². The van der Waals surface area contributed by atoms with Crippen LogP contribution in [0.1, 0.15) is 57.2 Å². The zero-order chi connectivity index (χ0) is 27.5. The summed E-state index contributed by atoms with van der Waals surface area (Å²) in [7, 11) is 0. The zero-order valence-corrected chi connectivity index (χ0v) is 22.9. The molecule has 0 saturated carbocycles. The number of carbonyl (C=O) groups excluding carboxylic acids is 2. The molecule has 3 rings (SSSR count). The number of amides is 2. The van der Waals surface area contributed by atoms with Gasteiger partial charge in [-0.1, -0.05) is 101 Å². The number of benzene rings is 3. The van der Waals surface area contributed by atoms with E-state index >= 15 is 0 Å². The molecule has 0 bridgehead atoms. The van der Waals surface area contributed by atoms with E-state index in [4.69, 9.17) is 4.74 Å². The predicted octanol–water partition coefficient (Wildman–Crippen LogP) is 6.06. The van der Waals surface area contributed by atoms with Crippen LogP contribution in [0.4, 0.5) is 4.39 Å². The molecule has 0 radical (unpaired) electrons. The third-order valence-electron chi connectivity index (χ3n) is 6.45. The third kappa shape index (κ3) is 8.17. The predicted molar refractivity (Wildman–Crippen MR) is 149 cm³/mol. The number of carbonyl (C=O) groups is 2. The van der Waals surface area contributed by atoms with Gasteiger partial charge in [0.25, 0.3) is 5.91 Å². The van der Waals surface area contributed by atoms with Gasteiger partial charge in [0.1, 0.15) is 17.6 Å². The lowest BCUT2D eigenvalue weighted by molar-refractivity contribution is -0.142. The number of rotatable bonds is 12. The molecule has 38 heavy (non-hydrogen) atoms. The molecular weight excluding hydrogens is 479 g/mol. The van der Waals surface area contributed by atoms with Crippen molar-refractivity contribution in [2.45, 2.75) is 65.0 Å². The summed E-state index contributed by atoms with van der Waals surface area (Å²) in [5, 5.41) is 2.98. The highest BCUT2D eigenvalue weighted by atomic mass is 19.1. The Morgan fingerprint density at radius 2 is 1.61 bits per heavy atom. The molecule has 202 valence electrons. The Morgan fingerprint density at radius 1 is 0.947 bits per heavy atom. The summed E-state index contributed by atoms with van der Waals surface area (Å²) in [6, 6.07) is 22.7. The van der Waals surface area contributed by atoms with Crippen molar-refractivity contribution < 1.29 is 18.7 Å². The van der Waals surface area contributed by atoms with Crippen LogP contribution in [0.2, 0.25) is 0 Å². The van der Waals surface area contributed by atoms with Crippen molar-refractivity contribution in [2.24, 2.45) is 0 Å². The van der Waals surface area contributed by atoms with Gasteiger partial charge >= 0.3 is 0 Å². The first-order chi connectivity index (χ1) is 18.2. The van der Waals surface area contributed by atoms with Crippen LogP contribution in [0.15, 0.2) is 78.9 Å². The molecule has 2 amide bonds. The van der Waals surface area contributed by atoms with E-state index < -0.39 is 11.9 Å². The van der Waals surface area contributed by atoms with Crippen LogP contribution in [0.3, 0.4) is 0 Å². The Bertz CT molecular complexity index is 1190. The maximum absolute atomic E-state index is 14.7. The van der Waals surface area contributed by atoms with Gasteiger partial charge in [0.05, 0.1) is 0 Å². The van der Waals surface area contributed by atoms with Crippen LogP contribution < -0.4 is 10.1 Å². The fourth-order valence-corrected chi connectivity index (χ4v) is 4.30. The van der Waals surface area contributed by atoms with E-state index in [0.717, 1.165) is 24.0 Å². The van der Waals surface area contributed by atoms with Gasteiger partial charge in [-0.05, 0) is 35.1 Å². The monoisotopic (exact) mass is 518 g/mol. The van der Waals surface area contributed by atoms with Gasteiger partial charge < -0.3 is 15.0 Å². The first kappa shape index (κ1) is 28.9. The average molecular weight is 519 g/mol. The minimum absolute atomic E-state index is 0.0471. The van der Waals surface area contributed by atoms with Crippen molar-refractivity contribution in [2.75, 3.05) is 13.2 Å². The molecule has 0 saturated heterocycles. The van der Waals surface area contributed by atoms with Gasteiger partial charge in [-0.15, -0.1) is 0 Å². The molecule has 0 fully saturated rings. The summed E-state index contributed by atoms with van der Waals surface area (Å²) in [4.78, 5) is 28.7. The van der Waals surface area contributed by atoms with E-state index in [9.17, 15) is 14.0 Å². The standard InChI is InChI=1S/C32H39FN2O3/c1-5-6-20-34-31(37)28(21-24-14-8-7-9-15-24)35(22-25-16-10-12-18-27(25)33)30(36)23-38-29-19-13-11-17-26(29)32(2,3)4/h7-19,28H,5-6,20-23H2,1-4H3,(H,34,37)/t28-/m0/s1. The number of unbranched alkanes of at least 4 members (excludes halogenated alkanes) is 1. The molecule has 6 heteroatoms. The van der Waals surface area contributed by atoms with Crippen molar-refractivity contribution in [3.8, 4) is 5.75 Å². The zero-order valence-electron chi connectivity index (χ0n) is 22.9. The lowest BCUT2D eigenvalue weighted by Gasteiger charge is -2.32. The second-order valence-corrected chi connectivity index (χ2v) is 10.5. The molecule has 1 N–H and O–H groups in total. The topological polar surface area (TPSA) is 58.6 Å². The number of halogens is 1. The quantitative estimate of drug-likeness (QED) is 0.297. The Balaban J connectivity index is 1.93. The van der Waals surface area contributed by atoms with Gasteiger partial charge in [0.15, 0.2) is 6.61 Å². The number of hydrogen-bond acceptors (Lipinski definition) is 3. The normalized spacial score (nSPS) is 12.0. The summed E-state index contributed by atoms with van der Waals surface area (Å²) in [6.45, 7) is 8.49. The fourth-order valence-electron chi connectivity index (χ4n) is 4.30. The number of nitrogens with one attached hydrogen (secondary N) is 1. The van der Waals surface area contributed by atoms with E-state index in [1.54, 1.807) is 18.2 Å². The summed E-state index contributed by atoms with van der Waals surface area (Å²) in [5.41, 5.74) is 2.05. The lowest BCUT2D eigenvalue weighted by atomic mass is 9.86. The average Bonchev–Trinajstić information content (AvgIpc) is 2.90. The molecule has 0 spiro atoms. The molecule has 0 aromatic heterocycles. The van der Waals surface area contributed by atoms with E-state index in [1.807, 2.05) is 61.5 Å². The van der Waals surface area contributed by atoms with Gasteiger partial charge in [-0.3, -0.25) is 9.59 Å². The summed E-state index contributed by atoms with van der Waals surface area (Å²) in [5.74, 6) is -0.453. The molecule has 3 aromatic carbocycles. The third-order valence-corrected chi connectivity index (χ3v) is 6.45. The van der Waals surface area contributed by atoms with E-state index in [0.29, 0.717) is 24.3 Å². The number of nitrogens with zero attached hydrogens (tertiary/aromatic N) is 1. The summed E-state index contributed by atoms with van der Waals surface area (Å²) in [6.07, 6.45) is 2.07. The van der Waals surface area contributed by atoms with E-state index in [-0.39, 0.29) is 30.4 Å². The summed E-state index contributed by atoms with van der Waals surface area (Å²) >= 11 is 0. The van der Waals surface area contributed by atoms with Gasteiger partial charge in [-0.25, -0.2) is 4.39 Å². The van der Waals surface area contributed by atoms with Crippen molar-refractivity contribution in [3.05, 3.63) is 101 Å². The number of hydrogen-bond donors (Lipinski definition) is 1. The molecule has 0 heterocycles. The first-order valence-electron chi connectivity index (χ1n) is 13.3. The Hall–Kier alpha value is -3.67. The highest BCUT2D eigenvalue weighted by Crippen LogP contribution is 2.31. The van der Waals surface area contributed by atoms with Crippen molar-refractivity contribution in [3.63, 3.8) is 0 Å². The molecule has 0 aliphatic heterocycles. The first-order valence-corrected chi connectivity index (χ1v) is 13.3. The van der Waals surface area contributed by atoms with Crippen molar-refractivity contribution >= 4 is 11.8 Å². The van der Waals surface area contributed by atoms with Crippen LogP contribution in [-0.2, 0) is 28.0 Å². The van der Waals surface area contributed by atoms with Gasteiger partial charge in [0.2, 0.25) is 5.91 Å². The van der Waals surface area contributed by atoms with Crippen LogP contribution in [0.5, 0.6) is 5.75 Å². The Labute approximate surface area is 226 Å². The molecule has 0 aliphatic rings. The fraction of sp³-hybridized carbons (Fsp3) is 0.375. The molecule has 3 aromatic rings. The minimum Gasteiger partial charge on any atom is -0.483 e. The maximum atomic E-state index is 14.7. The molecule has 0 aliphatic carbocycles. The van der Waals surface area contributed by atoms with E-state index in [2.05, 4.69) is 26.1 Å². The van der Waals surface area contributed by atoms with Crippen LogP contribution >= 0.6 is 0 Å². The van der Waals surface area contributed by atoms with Crippen LogP contribution in [0.25, 0.3) is 0 Å². The van der Waals surface area contributed by atoms with E-state index in [1.165, 1.54) is 11.0 Å². The maximum Gasteiger partial charge on any atom is 0.261 e. The van der Waals surface area contributed by atoms with Crippen molar-refractivity contribution in [1.29, 1.82) is 0 Å². The lowest BCUT2D eigenvalue weighted by Crippen LogP contribution is -2.52. The molecule has 5 nitrogen and oxygen atoms in total. The molecule has 0 unspecified atom stereocenters. The minimum atomic E-state index is -0.831. The van der Waals surface area contributed by atoms with Crippen LogP contribution in [0, 0.1) is 5.82 Å².